The Balaban J connectivity index is 1.49. The number of ether oxygens (including phenoxy) is 1. The van der Waals surface area contributed by atoms with Gasteiger partial charge in [0.2, 0.25) is 29.4 Å². The highest BCUT2D eigenvalue weighted by Gasteiger charge is 2.70. The molecule has 14 heteroatoms. The van der Waals surface area contributed by atoms with Gasteiger partial charge in [-0.25, -0.2) is 4.79 Å². The number of amides is 6. The van der Waals surface area contributed by atoms with Crippen molar-refractivity contribution in [2.24, 2.45) is 28.6 Å². The van der Waals surface area contributed by atoms with Crippen LogP contribution in [0.3, 0.4) is 0 Å². The molecule has 0 bridgehead atoms. The van der Waals surface area contributed by atoms with Crippen molar-refractivity contribution in [2.45, 2.75) is 111 Å². The summed E-state index contributed by atoms with van der Waals surface area (Å²) in [4.78, 5) is 97.2. The Bertz CT molecular complexity index is 1570. The molecule has 1 aliphatic heterocycles. The number of benzene rings is 1. The number of fused-ring (bicyclic) bond motifs is 1. The van der Waals surface area contributed by atoms with Crippen molar-refractivity contribution in [1.82, 2.24) is 31.1 Å². The monoisotopic (exact) mass is 738 g/mol. The van der Waals surface area contributed by atoms with E-state index in [0.29, 0.717) is 24.9 Å². The van der Waals surface area contributed by atoms with Crippen molar-refractivity contribution in [1.29, 1.82) is 0 Å². The number of Topliss-reactive ketones (excluding diaryl/α,β-unsaturated/α-hetero) is 1. The molecule has 6 atom stereocenters. The summed E-state index contributed by atoms with van der Waals surface area (Å²) < 4.78 is 5.45. The van der Waals surface area contributed by atoms with Crippen LogP contribution >= 0.6 is 0 Å². The maximum atomic E-state index is 14.3. The Kier molecular flexibility index (Phi) is 12.3. The van der Waals surface area contributed by atoms with Crippen LogP contribution in [0.5, 0.6) is 0 Å². The molecule has 6 amide bonds. The topological polar surface area (TPSA) is 183 Å². The Morgan fingerprint density at radius 3 is 2.06 bits per heavy atom. The van der Waals surface area contributed by atoms with Gasteiger partial charge in [0, 0.05) is 20.6 Å². The summed E-state index contributed by atoms with van der Waals surface area (Å²) >= 11 is 0. The molecule has 0 spiro atoms. The molecule has 3 fully saturated rings. The minimum absolute atomic E-state index is 0.0332. The zero-order valence-electron chi connectivity index (χ0n) is 32.8. The van der Waals surface area contributed by atoms with Crippen LogP contribution in [0.25, 0.3) is 0 Å². The average molecular weight is 739 g/mol. The van der Waals surface area contributed by atoms with Crippen LogP contribution in [0.4, 0.5) is 4.79 Å². The number of nitrogens with one attached hydrogen (secondary N) is 4. The van der Waals surface area contributed by atoms with Crippen LogP contribution in [0.1, 0.15) is 92.7 Å². The van der Waals surface area contributed by atoms with Crippen LogP contribution in [-0.4, -0.2) is 102 Å². The second-order valence-corrected chi connectivity index (χ2v) is 17.6. The fraction of sp³-hybridized carbons (Fsp3) is 0.667. The van der Waals surface area contributed by atoms with Gasteiger partial charge in [0.05, 0.1) is 6.54 Å². The predicted molar refractivity (Wildman–Crippen MR) is 197 cm³/mol. The highest BCUT2D eigenvalue weighted by atomic mass is 16.6. The molecule has 1 aromatic carbocycles. The molecule has 1 unspecified atom stereocenters. The van der Waals surface area contributed by atoms with Crippen molar-refractivity contribution >= 4 is 41.4 Å². The zero-order chi connectivity index (χ0) is 39.6. The Hall–Kier alpha value is -4.49. The van der Waals surface area contributed by atoms with E-state index in [4.69, 9.17) is 4.74 Å². The largest absolute Gasteiger partial charge is 0.444 e. The number of piperidine rings is 1. The number of carbonyl (C=O) groups is 7. The molecule has 1 saturated heterocycles. The third kappa shape index (κ3) is 9.74. The SMILES string of the molecule is CN(C)C(=O)[C@@H](NC(=O)CNC(=O)C(=O)C(NC(=O)[C@@H]1[C@@H]2[C@H](CN1C(=O)[C@@H](NC(=O)OC(C)(C)C)C(C)(C)C)C2(C)C)C1CCCC1)c1ccccc1. The molecule has 2 aliphatic carbocycles. The molecule has 1 aromatic rings. The number of likely N-dealkylation sites (N-methyl/N-ethyl adjacent to an activating group) is 1. The first kappa shape index (κ1) is 41.3. The first-order valence-corrected chi connectivity index (χ1v) is 18.5. The van der Waals surface area contributed by atoms with E-state index in [1.54, 1.807) is 65.2 Å². The number of carbonyl (C=O) groups excluding carboxylic acids is 7. The molecule has 0 aromatic heterocycles. The Labute approximate surface area is 312 Å². The van der Waals surface area contributed by atoms with Gasteiger partial charge < -0.3 is 35.8 Å². The smallest absolute Gasteiger partial charge is 0.408 e. The molecule has 1 heterocycles. The number of likely N-dealkylation sites (tertiary alicyclic amines) is 1. The van der Waals surface area contributed by atoms with Gasteiger partial charge in [0.1, 0.15) is 29.8 Å². The first-order chi connectivity index (χ1) is 24.5. The van der Waals surface area contributed by atoms with E-state index in [1.807, 2.05) is 34.6 Å². The van der Waals surface area contributed by atoms with Crippen LogP contribution in [0.2, 0.25) is 0 Å². The number of ketones is 1. The minimum Gasteiger partial charge on any atom is -0.444 e. The van der Waals surface area contributed by atoms with Crippen LogP contribution in [-0.2, 0) is 33.5 Å². The third-order valence-electron chi connectivity index (χ3n) is 10.7. The van der Waals surface area contributed by atoms with E-state index in [1.165, 1.54) is 9.80 Å². The lowest BCUT2D eigenvalue weighted by Crippen LogP contribution is -2.61. The molecule has 2 saturated carbocycles. The average Bonchev–Trinajstić information content (AvgIpc) is 3.50. The van der Waals surface area contributed by atoms with Gasteiger partial charge in [-0.1, -0.05) is 77.8 Å². The molecular formula is C39H58N6O8. The first-order valence-electron chi connectivity index (χ1n) is 18.5. The summed E-state index contributed by atoms with van der Waals surface area (Å²) in [6, 6.07) is 4.57. The minimum atomic E-state index is -1.17. The van der Waals surface area contributed by atoms with Gasteiger partial charge in [0.25, 0.3) is 5.91 Å². The zero-order valence-corrected chi connectivity index (χ0v) is 32.8. The molecule has 3 aliphatic rings. The molecule has 0 radical (unpaired) electrons. The standard InChI is InChI=1S/C39H58N6O8/c1-37(2,3)31(43-36(52)53-38(4,5)6)35(51)45-21-24-26(39(24,7)8)29(45)32(48)42-27(22-18-14-15-19-22)30(47)33(49)40-20-25(46)41-28(34(50)44(9)10)23-16-12-11-13-17-23/h11-13,16-17,22,24,26-29,31H,14-15,18-21H2,1-10H3,(H,40,49)(H,41,46)(H,42,48)(H,43,52)/t24-,26-,27?,28-,29-,31+/m0/s1. The van der Waals surface area contributed by atoms with E-state index in [0.717, 1.165) is 12.8 Å². The normalized spacial score (nSPS) is 22.4. The molecule has 53 heavy (non-hydrogen) atoms. The van der Waals surface area contributed by atoms with E-state index in [9.17, 15) is 33.6 Å². The fourth-order valence-electron chi connectivity index (χ4n) is 7.77. The molecule has 4 rings (SSSR count). The number of rotatable bonds is 12. The predicted octanol–water partition coefficient (Wildman–Crippen LogP) is 2.71. The second-order valence-electron chi connectivity index (χ2n) is 17.6. The van der Waals surface area contributed by atoms with Gasteiger partial charge in [-0.2, -0.15) is 0 Å². The number of nitrogens with zero attached hydrogens (tertiary/aromatic N) is 2. The summed E-state index contributed by atoms with van der Waals surface area (Å²) in [5, 5.41) is 10.6. The fourth-order valence-corrected chi connectivity index (χ4v) is 7.77. The molecule has 14 nitrogen and oxygen atoms in total. The highest BCUT2D eigenvalue weighted by Crippen LogP contribution is 2.65. The Morgan fingerprint density at radius 1 is 0.906 bits per heavy atom. The number of alkyl carbamates (subject to hydrolysis) is 1. The third-order valence-corrected chi connectivity index (χ3v) is 10.7. The van der Waals surface area contributed by atoms with Crippen molar-refractivity contribution in [2.75, 3.05) is 27.2 Å². The summed E-state index contributed by atoms with van der Waals surface area (Å²) in [5.41, 5.74) is -1.20. The van der Waals surface area contributed by atoms with Gasteiger partial charge >= 0.3 is 6.09 Å². The maximum Gasteiger partial charge on any atom is 0.408 e. The lowest BCUT2D eigenvalue weighted by molar-refractivity contribution is -0.146. The summed E-state index contributed by atoms with van der Waals surface area (Å²) in [7, 11) is 3.13. The van der Waals surface area contributed by atoms with Crippen LogP contribution in [0, 0.1) is 28.6 Å². The molecular weight excluding hydrogens is 680 g/mol. The Morgan fingerprint density at radius 2 is 1.51 bits per heavy atom. The van der Waals surface area contributed by atoms with Gasteiger partial charge in [0.15, 0.2) is 0 Å². The maximum absolute atomic E-state index is 14.3. The lowest BCUT2D eigenvalue weighted by Gasteiger charge is -2.38. The van der Waals surface area contributed by atoms with Crippen molar-refractivity contribution < 1.29 is 38.3 Å². The van der Waals surface area contributed by atoms with Crippen molar-refractivity contribution in [3.8, 4) is 0 Å². The highest BCUT2D eigenvalue weighted by molar-refractivity contribution is 6.38. The van der Waals surface area contributed by atoms with Crippen molar-refractivity contribution in [3.05, 3.63) is 35.9 Å². The van der Waals surface area contributed by atoms with E-state index in [2.05, 4.69) is 21.3 Å². The number of hydrogen-bond donors (Lipinski definition) is 4. The van der Waals surface area contributed by atoms with Crippen LogP contribution in [0.15, 0.2) is 30.3 Å². The summed E-state index contributed by atoms with van der Waals surface area (Å²) in [6.07, 6.45) is 2.14. The molecule has 4 N–H and O–H groups in total. The summed E-state index contributed by atoms with van der Waals surface area (Å²) in [5.74, 6) is -4.40. The van der Waals surface area contributed by atoms with E-state index >= 15 is 0 Å². The van der Waals surface area contributed by atoms with Gasteiger partial charge in [-0.15, -0.1) is 0 Å². The second kappa shape index (κ2) is 15.9. The van der Waals surface area contributed by atoms with E-state index in [-0.39, 0.29) is 29.1 Å². The van der Waals surface area contributed by atoms with E-state index < -0.39 is 77.2 Å². The van der Waals surface area contributed by atoms with Gasteiger partial charge in [-0.3, -0.25) is 28.8 Å². The molecule has 292 valence electrons. The summed E-state index contributed by atoms with van der Waals surface area (Å²) in [6.45, 7) is 14.4. The number of hydrogen-bond acceptors (Lipinski definition) is 8. The van der Waals surface area contributed by atoms with Crippen molar-refractivity contribution in [3.63, 3.8) is 0 Å². The van der Waals surface area contributed by atoms with Gasteiger partial charge in [-0.05, 0) is 67.8 Å². The van der Waals surface area contributed by atoms with Crippen LogP contribution < -0.4 is 21.3 Å². The lowest BCUT2D eigenvalue weighted by atomic mass is 9.85. The quantitative estimate of drug-likeness (QED) is 0.236.